The van der Waals surface area contributed by atoms with Crippen molar-refractivity contribution in [1.29, 1.82) is 0 Å². The quantitative estimate of drug-likeness (QED) is 0.865. The first-order valence-corrected chi connectivity index (χ1v) is 7.88. The molecule has 1 unspecified atom stereocenters. The molecule has 24 heavy (non-hydrogen) atoms. The predicted molar refractivity (Wildman–Crippen MR) is 87.4 cm³/mol. The van der Waals surface area contributed by atoms with Gasteiger partial charge in [-0.3, -0.25) is 9.69 Å². The van der Waals surface area contributed by atoms with E-state index in [0.29, 0.717) is 26.3 Å². The molecule has 0 saturated carbocycles. The summed E-state index contributed by atoms with van der Waals surface area (Å²) in [7, 11) is 1.63. The normalized spacial score (nSPS) is 18.5. The molecule has 7 nitrogen and oxygen atoms in total. The molecule has 1 aliphatic rings. The Morgan fingerprint density at radius 1 is 1.50 bits per heavy atom. The second-order valence-corrected chi connectivity index (χ2v) is 5.74. The largest absolute Gasteiger partial charge is 0.497 e. The number of nitrogens with zero attached hydrogens (tertiary/aromatic N) is 3. The third-order valence-corrected chi connectivity index (χ3v) is 4.17. The molecule has 7 heteroatoms. The van der Waals surface area contributed by atoms with E-state index in [1.807, 2.05) is 30.5 Å². The number of aliphatic carboxylic acids is 1. The fraction of sp³-hybridized carbons (Fsp3) is 0.412. The number of hydrogen-bond acceptors (Lipinski definition) is 5. The minimum Gasteiger partial charge on any atom is -0.497 e. The summed E-state index contributed by atoms with van der Waals surface area (Å²) in [4.78, 5) is 13.3. The number of methoxy groups -OCH3 is 1. The monoisotopic (exact) mass is 331 g/mol. The molecule has 2 aromatic rings. The Morgan fingerprint density at radius 2 is 2.38 bits per heavy atom. The number of carboxylic acid groups (broad SMARTS) is 1. The first-order chi connectivity index (χ1) is 11.7. The van der Waals surface area contributed by atoms with Crippen LogP contribution >= 0.6 is 0 Å². The van der Waals surface area contributed by atoms with Gasteiger partial charge in [0, 0.05) is 31.5 Å². The average Bonchev–Trinajstić information content (AvgIpc) is 3.10. The minimum absolute atomic E-state index is 0.0705. The van der Waals surface area contributed by atoms with Crippen molar-refractivity contribution in [2.45, 2.75) is 19.0 Å². The summed E-state index contributed by atoms with van der Waals surface area (Å²) < 4.78 is 12.6. The van der Waals surface area contributed by atoms with Crippen LogP contribution in [0, 0.1) is 0 Å². The first-order valence-electron chi connectivity index (χ1n) is 7.88. The van der Waals surface area contributed by atoms with Crippen LogP contribution in [0.25, 0.3) is 5.69 Å². The fourth-order valence-electron chi connectivity index (χ4n) is 2.96. The van der Waals surface area contributed by atoms with Gasteiger partial charge in [-0.2, -0.15) is 5.10 Å². The van der Waals surface area contributed by atoms with E-state index in [0.717, 1.165) is 17.0 Å². The Kier molecular flexibility index (Phi) is 5.12. The third-order valence-electron chi connectivity index (χ3n) is 4.17. The maximum absolute atomic E-state index is 11.1. The number of ether oxygens (including phenoxy) is 2. The number of rotatable bonds is 6. The molecule has 1 atom stereocenters. The smallest absolute Gasteiger partial charge is 0.305 e. The van der Waals surface area contributed by atoms with E-state index in [1.165, 1.54) is 0 Å². The molecule has 1 aromatic carbocycles. The van der Waals surface area contributed by atoms with Gasteiger partial charge in [0.2, 0.25) is 0 Å². The molecular formula is C17H21N3O4. The van der Waals surface area contributed by atoms with Crippen LogP contribution in [0.3, 0.4) is 0 Å². The van der Waals surface area contributed by atoms with Crippen LogP contribution < -0.4 is 4.74 Å². The number of carboxylic acids is 1. The van der Waals surface area contributed by atoms with Crippen molar-refractivity contribution >= 4 is 5.97 Å². The standard InChI is InChI=1S/C17H21N3O4/c1-23-15-3-4-16(20-6-2-5-18-20)13(9-15)11-19-7-8-24-12-14(19)10-17(21)22/h2-6,9,14H,7-8,10-12H2,1H3,(H,21,22). The van der Waals surface area contributed by atoms with Crippen LogP contribution in [-0.4, -0.2) is 58.7 Å². The molecule has 128 valence electrons. The molecule has 0 aliphatic carbocycles. The second kappa shape index (κ2) is 7.46. The molecule has 2 heterocycles. The van der Waals surface area contributed by atoms with Crippen molar-refractivity contribution in [3.8, 4) is 11.4 Å². The summed E-state index contributed by atoms with van der Waals surface area (Å²) >= 11 is 0. The number of benzene rings is 1. The van der Waals surface area contributed by atoms with Gasteiger partial charge in [-0.05, 0) is 29.8 Å². The zero-order valence-electron chi connectivity index (χ0n) is 13.6. The summed E-state index contributed by atoms with van der Waals surface area (Å²) in [5, 5.41) is 13.4. The Hall–Kier alpha value is -2.38. The van der Waals surface area contributed by atoms with Crippen molar-refractivity contribution in [3.05, 3.63) is 42.2 Å². The van der Waals surface area contributed by atoms with E-state index in [-0.39, 0.29) is 12.5 Å². The van der Waals surface area contributed by atoms with Crippen molar-refractivity contribution < 1.29 is 19.4 Å². The molecule has 3 rings (SSSR count). The Labute approximate surface area is 140 Å². The molecule has 1 aromatic heterocycles. The van der Waals surface area contributed by atoms with Gasteiger partial charge >= 0.3 is 5.97 Å². The van der Waals surface area contributed by atoms with Crippen LogP contribution in [0.1, 0.15) is 12.0 Å². The van der Waals surface area contributed by atoms with E-state index in [4.69, 9.17) is 14.6 Å². The van der Waals surface area contributed by atoms with Crippen molar-refractivity contribution in [1.82, 2.24) is 14.7 Å². The molecule has 0 spiro atoms. The highest BCUT2D eigenvalue weighted by molar-refractivity contribution is 5.67. The SMILES string of the molecule is COc1ccc(-n2cccn2)c(CN2CCOCC2CC(=O)O)c1. The van der Waals surface area contributed by atoms with Crippen molar-refractivity contribution in [2.75, 3.05) is 26.9 Å². The summed E-state index contributed by atoms with van der Waals surface area (Å²) in [6.45, 7) is 2.37. The maximum Gasteiger partial charge on any atom is 0.305 e. The zero-order valence-corrected chi connectivity index (χ0v) is 13.6. The van der Waals surface area contributed by atoms with Gasteiger partial charge in [0.15, 0.2) is 0 Å². The van der Waals surface area contributed by atoms with Gasteiger partial charge in [-0.15, -0.1) is 0 Å². The van der Waals surface area contributed by atoms with E-state index >= 15 is 0 Å². The second-order valence-electron chi connectivity index (χ2n) is 5.74. The molecule has 0 radical (unpaired) electrons. The lowest BCUT2D eigenvalue weighted by Gasteiger charge is -2.35. The van der Waals surface area contributed by atoms with Gasteiger partial charge in [0.1, 0.15) is 5.75 Å². The van der Waals surface area contributed by atoms with E-state index in [2.05, 4.69) is 10.00 Å². The zero-order chi connectivity index (χ0) is 16.9. The van der Waals surface area contributed by atoms with Gasteiger partial charge < -0.3 is 14.6 Å². The van der Waals surface area contributed by atoms with Gasteiger partial charge in [-0.25, -0.2) is 4.68 Å². The summed E-state index contributed by atoms with van der Waals surface area (Å²) in [6.07, 6.45) is 3.69. The molecule has 1 saturated heterocycles. The van der Waals surface area contributed by atoms with Gasteiger partial charge in [0.25, 0.3) is 0 Å². The molecule has 0 bridgehead atoms. The molecule has 1 aliphatic heterocycles. The number of carbonyl (C=O) groups is 1. The van der Waals surface area contributed by atoms with Crippen LogP contribution in [-0.2, 0) is 16.1 Å². The molecule has 1 fully saturated rings. The summed E-state index contributed by atoms with van der Waals surface area (Å²) in [5.74, 6) is -0.0441. The highest BCUT2D eigenvalue weighted by Crippen LogP contribution is 2.24. The van der Waals surface area contributed by atoms with Gasteiger partial charge in [0.05, 0.1) is 32.4 Å². The molecular weight excluding hydrogens is 310 g/mol. The predicted octanol–water partition coefficient (Wildman–Crippen LogP) is 1.56. The Balaban J connectivity index is 1.88. The molecule has 0 amide bonds. The van der Waals surface area contributed by atoms with E-state index in [1.54, 1.807) is 18.0 Å². The number of morpholine rings is 1. The fourth-order valence-corrected chi connectivity index (χ4v) is 2.96. The van der Waals surface area contributed by atoms with Crippen LogP contribution in [0.2, 0.25) is 0 Å². The van der Waals surface area contributed by atoms with Crippen LogP contribution in [0.5, 0.6) is 5.75 Å². The maximum atomic E-state index is 11.1. The van der Waals surface area contributed by atoms with Crippen LogP contribution in [0.4, 0.5) is 0 Å². The highest BCUT2D eigenvalue weighted by atomic mass is 16.5. The molecule has 1 N–H and O–H groups in total. The lowest BCUT2D eigenvalue weighted by Crippen LogP contribution is -2.46. The lowest BCUT2D eigenvalue weighted by atomic mass is 10.1. The highest BCUT2D eigenvalue weighted by Gasteiger charge is 2.26. The van der Waals surface area contributed by atoms with Crippen molar-refractivity contribution in [2.24, 2.45) is 0 Å². The Morgan fingerprint density at radius 3 is 3.08 bits per heavy atom. The topological polar surface area (TPSA) is 76.8 Å². The van der Waals surface area contributed by atoms with E-state index < -0.39 is 5.97 Å². The van der Waals surface area contributed by atoms with Crippen LogP contribution in [0.15, 0.2) is 36.7 Å². The minimum atomic E-state index is -0.812. The van der Waals surface area contributed by atoms with Crippen molar-refractivity contribution in [3.63, 3.8) is 0 Å². The Bertz CT molecular complexity index is 687. The first kappa shape index (κ1) is 16.5. The summed E-state index contributed by atoms with van der Waals surface area (Å²) in [5.41, 5.74) is 2.00. The number of hydrogen-bond donors (Lipinski definition) is 1. The average molecular weight is 331 g/mol. The van der Waals surface area contributed by atoms with E-state index in [9.17, 15) is 4.79 Å². The number of aromatic nitrogens is 2. The third kappa shape index (κ3) is 3.74. The lowest BCUT2D eigenvalue weighted by molar-refractivity contribution is -0.140. The van der Waals surface area contributed by atoms with Gasteiger partial charge in [-0.1, -0.05) is 0 Å². The summed E-state index contributed by atoms with van der Waals surface area (Å²) in [6, 6.07) is 7.58.